The second kappa shape index (κ2) is 9.62. The second-order valence-electron chi connectivity index (χ2n) is 4.97. The summed E-state index contributed by atoms with van der Waals surface area (Å²) in [5, 5.41) is 2.71. The fourth-order valence-corrected chi connectivity index (χ4v) is 2.53. The number of furan rings is 1. The zero-order valence-corrected chi connectivity index (χ0v) is 14.2. The Balaban J connectivity index is 1.57. The molecule has 0 atom stereocenters. The van der Waals surface area contributed by atoms with E-state index >= 15 is 0 Å². The Bertz CT molecular complexity index is 678. The molecule has 5 nitrogen and oxygen atoms in total. The van der Waals surface area contributed by atoms with Crippen molar-refractivity contribution in [2.24, 2.45) is 0 Å². The quantitative estimate of drug-likeness (QED) is 0.345. The van der Waals surface area contributed by atoms with Gasteiger partial charge in [0.05, 0.1) is 6.26 Å². The summed E-state index contributed by atoms with van der Waals surface area (Å²) in [7, 11) is 0. The van der Waals surface area contributed by atoms with Crippen LogP contribution in [0, 0.1) is 6.92 Å². The zero-order chi connectivity index (χ0) is 17.2. The van der Waals surface area contributed by atoms with Gasteiger partial charge in [-0.3, -0.25) is 4.79 Å². The van der Waals surface area contributed by atoms with Gasteiger partial charge in [-0.2, -0.15) is 0 Å². The molecule has 6 heteroatoms. The number of esters is 1. The molecule has 2 rings (SSSR count). The van der Waals surface area contributed by atoms with Crippen LogP contribution in [-0.4, -0.2) is 30.8 Å². The van der Waals surface area contributed by atoms with Crippen molar-refractivity contribution in [2.75, 3.05) is 18.9 Å². The van der Waals surface area contributed by atoms with Crippen molar-refractivity contribution in [3.63, 3.8) is 0 Å². The molecule has 0 spiro atoms. The summed E-state index contributed by atoms with van der Waals surface area (Å²) in [5.41, 5.74) is 1.22. The average molecular weight is 345 g/mol. The van der Waals surface area contributed by atoms with Crippen LogP contribution in [0.1, 0.15) is 11.3 Å². The van der Waals surface area contributed by atoms with Crippen LogP contribution < -0.4 is 5.32 Å². The lowest BCUT2D eigenvalue weighted by Gasteiger charge is -2.05. The van der Waals surface area contributed by atoms with Crippen LogP contribution in [0.5, 0.6) is 0 Å². The van der Waals surface area contributed by atoms with E-state index in [0.29, 0.717) is 12.3 Å². The summed E-state index contributed by atoms with van der Waals surface area (Å²) in [6, 6.07) is 11.6. The summed E-state index contributed by atoms with van der Waals surface area (Å²) >= 11 is 1.66. The van der Waals surface area contributed by atoms with Crippen LogP contribution >= 0.6 is 11.8 Å². The summed E-state index contributed by atoms with van der Waals surface area (Å²) in [6.45, 7) is 2.26. The maximum Gasteiger partial charge on any atom is 0.331 e. The maximum atomic E-state index is 11.6. The number of amides is 1. The Labute approximate surface area is 145 Å². The Morgan fingerprint density at radius 1 is 1.25 bits per heavy atom. The van der Waals surface area contributed by atoms with Gasteiger partial charge in [-0.1, -0.05) is 17.7 Å². The number of carbonyl (C=O) groups excluding carboxylic acids is 2. The molecule has 0 saturated heterocycles. The second-order valence-corrected chi connectivity index (χ2v) is 6.14. The average Bonchev–Trinajstić information content (AvgIpc) is 3.10. The fraction of sp³-hybridized carbons (Fsp3) is 0.222. The molecule has 0 bridgehead atoms. The lowest BCUT2D eigenvalue weighted by molar-refractivity contribution is -0.143. The van der Waals surface area contributed by atoms with Crippen molar-refractivity contribution in [2.45, 2.75) is 11.8 Å². The SMILES string of the molecule is Cc1ccc(SCCNC(=O)COC(=O)/C=C/c2ccco2)cc1. The van der Waals surface area contributed by atoms with Gasteiger partial charge in [0, 0.05) is 23.3 Å². The highest BCUT2D eigenvalue weighted by Gasteiger charge is 2.04. The predicted molar refractivity (Wildman–Crippen MR) is 93.6 cm³/mol. The molecule has 2 aromatic rings. The molecule has 0 fully saturated rings. The fourth-order valence-electron chi connectivity index (χ4n) is 1.77. The van der Waals surface area contributed by atoms with Crippen LogP contribution in [0.15, 0.2) is 58.1 Å². The molecule has 0 radical (unpaired) electrons. The molecule has 1 aromatic carbocycles. The normalized spacial score (nSPS) is 10.7. The van der Waals surface area contributed by atoms with Gasteiger partial charge >= 0.3 is 5.97 Å². The zero-order valence-electron chi connectivity index (χ0n) is 13.4. The highest BCUT2D eigenvalue weighted by Crippen LogP contribution is 2.17. The van der Waals surface area contributed by atoms with E-state index in [-0.39, 0.29) is 12.5 Å². The minimum Gasteiger partial charge on any atom is -0.465 e. The summed E-state index contributed by atoms with van der Waals surface area (Å²) in [5.74, 6) is 0.389. The lowest BCUT2D eigenvalue weighted by atomic mass is 10.2. The predicted octanol–water partition coefficient (Wildman–Crippen LogP) is 3.05. The highest BCUT2D eigenvalue weighted by atomic mass is 32.2. The number of rotatable bonds is 8. The topological polar surface area (TPSA) is 68.5 Å². The molecule has 1 heterocycles. The van der Waals surface area contributed by atoms with E-state index in [1.807, 2.05) is 6.92 Å². The van der Waals surface area contributed by atoms with Gasteiger partial charge in [-0.15, -0.1) is 11.8 Å². The number of aryl methyl sites for hydroxylation is 1. The van der Waals surface area contributed by atoms with E-state index in [4.69, 9.17) is 9.15 Å². The first kappa shape index (κ1) is 17.9. The van der Waals surface area contributed by atoms with Gasteiger partial charge < -0.3 is 14.5 Å². The summed E-state index contributed by atoms with van der Waals surface area (Å²) in [6.07, 6.45) is 4.21. The molecular formula is C18H19NO4S. The number of carbonyl (C=O) groups is 2. The summed E-state index contributed by atoms with van der Waals surface area (Å²) in [4.78, 5) is 24.2. The third-order valence-electron chi connectivity index (χ3n) is 2.99. The molecule has 1 N–H and O–H groups in total. The van der Waals surface area contributed by atoms with Gasteiger partial charge in [-0.25, -0.2) is 4.79 Å². The van der Waals surface area contributed by atoms with Gasteiger partial charge in [-0.05, 0) is 37.3 Å². The molecule has 0 unspecified atom stereocenters. The van der Waals surface area contributed by atoms with E-state index < -0.39 is 5.97 Å². The van der Waals surface area contributed by atoms with Crippen molar-refractivity contribution in [1.29, 1.82) is 0 Å². The van der Waals surface area contributed by atoms with E-state index in [0.717, 1.165) is 10.6 Å². The van der Waals surface area contributed by atoms with Crippen molar-refractivity contribution in [3.8, 4) is 0 Å². The standard InChI is InChI=1S/C18H19NO4S/c1-14-4-7-16(8-5-14)24-12-10-19-17(20)13-23-18(21)9-6-15-3-2-11-22-15/h2-9,11H,10,12-13H2,1H3,(H,19,20)/b9-6+. The molecule has 0 aliphatic rings. The van der Waals surface area contributed by atoms with Crippen molar-refractivity contribution in [1.82, 2.24) is 5.32 Å². The van der Waals surface area contributed by atoms with Gasteiger partial charge in [0.2, 0.25) is 0 Å². The number of hydrogen-bond donors (Lipinski definition) is 1. The molecule has 24 heavy (non-hydrogen) atoms. The van der Waals surface area contributed by atoms with Crippen molar-refractivity contribution >= 4 is 29.7 Å². The minimum atomic E-state index is -0.587. The number of benzene rings is 1. The molecule has 126 valence electrons. The van der Waals surface area contributed by atoms with Crippen LogP contribution in [0.2, 0.25) is 0 Å². The molecule has 0 aliphatic carbocycles. The molecule has 1 aromatic heterocycles. The van der Waals surface area contributed by atoms with Crippen molar-refractivity contribution < 1.29 is 18.7 Å². The van der Waals surface area contributed by atoms with Crippen LogP contribution in [0.4, 0.5) is 0 Å². The Hall–Kier alpha value is -2.47. The molecule has 0 aliphatic heterocycles. The largest absolute Gasteiger partial charge is 0.465 e. The number of thioether (sulfide) groups is 1. The maximum absolute atomic E-state index is 11.6. The first-order chi connectivity index (χ1) is 11.6. The lowest BCUT2D eigenvalue weighted by Crippen LogP contribution is -2.30. The number of nitrogens with one attached hydrogen (secondary N) is 1. The number of ether oxygens (including phenoxy) is 1. The molecule has 0 saturated carbocycles. The number of hydrogen-bond acceptors (Lipinski definition) is 5. The monoisotopic (exact) mass is 345 g/mol. The first-order valence-corrected chi connectivity index (χ1v) is 8.46. The smallest absolute Gasteiger partial charge is 0.331 e. The van der Waals surface area contributed by atoms with Gasteiger partial charge in [0.15, 0.2) is 6.61 Å². The van der Waals surface area contributed by atoms with Crippen LogP contribution in [-0.2, 0) is 14.3 Å². The van der Waals surface area contributed by atoms with Gasteiger partial charge in [0.25, 0.3) is 5.91 Å². The Morgan fingerprint density at radius 3 is 2.75 bits per heavy atom. The molecule has 1 amide bonds. The molecular weight excluding hydrogens is 326 g/mol. The third-order valence-corrected chi connectivity index (χ3v) is 4.00. The van der Waals surface area contributed by atoms with E-state index in [1.165, 1.54) is 24.0 Å². The first-order valence-electron chi connectivity index (χ1n) is 7.48. The van der Waals surface area contributed by atoms with Crippen molar-refractivity contribution in [3.05, 3.63) is 60.1 Å². The van der Waals surface area contributed by atoms with E-state index in [9.17, 15) is 9.59 Å². The Kier molecular flexibility index (Phi) is 7.17. The van der Waals surface area contributed by atoms with E-state index in [1.54, 1.807) is 23.9 Å². The van der Waals surface area contributed by atoms with Crippen LogP contribution in [0.3, 0.4) is 0 Å². The highest BCUT2D eigenvalue weighted by molar-refractivity contribution is 7.99. The third kappa shape index (κ3) is 6.75. The van der Waals surface area contributed by atoms with Crippen LogP contribution in [0.25, 0.3) is 6.08 Å². The minimum absolute atomic E-state index is 0.295. The van der Waals surface area contributed by atoms with Gasteiger partial charge in [0.1, 0.15) is 5.76 Å². The van der Waals surface area contributed by atoms with E-state index in [2.05, 4.69) is 29.6 Å². The summed E-state index contributed by atoms with van der Waals surface area (Å²) < 4.78 is 9.89. The Morgan fingerprint density at radius 2 is 2.04 bits per heavy atom.